The molecule has 2 aromatic carbocycles. The molecule has 0 spiro atoms. The first-order valence-corrected chi connectivity index (χ1v) is 7.69. The first kappa shape index (κ1) is 12.6. The molecule has 3 heteroatoms. The van der Waals surface area contributed by atoms with Crippen LogP contribution in [0.2, 0.25) is 0 Å². The van der Waals surface area contributed by atoms with Gasteiger partial charge < -0.3 is 0 Å². The Bertz CT molecular complexity index is 718. The highest BCUT2D eigenvalue weighted by molar-refractivity contribution is 9.10. The van der Waals surface area contributed by atoms with Crippen molar-refractivity contribution in [3.63, 3.8) is 0 Å². The first-order valence-electron chi connectivity index (χ1n) is 6.01. The van der Waals surface area contributed by atoms with E-state index in [1.54, 1.807) is 11.3 Å². The SMILES string of the molecule is Cc1cccc(-c2csc(-c3ccccc3Br)n2)c1. The Morgan fingerprint density at radius 3 is 2.68 bits per heavy atom. The number of aromatic nitrogens is 1. The summed E-state index contributed by atoms with van der Waals surface area (Å²) in [4.78, 5) is 4.74. The van der Waals surface area contributed by atoms with E-state index in [4.69, 9.17) is 4.98 Å². The van der Waals surface area contributed by atoms with E-state index in [-0.39, 0.29) is 0 Å². The van der Waals surface area contributed by atoms with Gasteiger partial charge >= 0.3 is 0 Å². The van der Waals surface area contributed by atoms with E-state index >= 15 is 0 Å². The standard InChI is InChI=1S/C16H12BrNS/c1-11-5-4-6-12(9-11)15-10-19-16(18-15)13-7-2-3-8-14(13)17/h2-10H,1H3. The normalized spacial score (nSPS) is 10.6. The van der Waals surface area contributed by atoms with Gasteiger partial charge in [-0.15, -0.1) is 11.3 Å². The van der Waals surface area contributed by atoms with Gasteiger partial charge in [0.2, 0.25) is 0 Å². The molecule has 0 radical (unpaired) electrons. The molecule has 0 N–H and O–H groups in total. The van der Waals surface area contributed by atoms with Crippen molar-refractivity contribution in [1.29, 1.82) is 0 Å². The summed E-state index contributed by atoms with van der Waals surface area (Å²) in [5.74, 6) is 0. The zero-order valence-corrected chi connectivity index (χ0v) is 12.8. The first-order chi connectivity index (χ1) is 9.24. The van der Waals surface area contributed by atoms with Crippen molar-refractivity contribution in [1.82, 2.24) is 4.98 Å². The molecule has 0 atom stereocenters. The van der Waals surface area contributed by atoms with Crippen LogP contribution in [-0.2, 0) is 0 Å². The molecule has 0 unspecified atom stereocenters. The van der Waals surface area contributed by atoms with Gasteiger partial charge in [0.15, 0.2) is 0 Å². The van der Waals surface area contributed by atoms with E-state index in [0.717, 1.165) is 20.7 Å². The lowest BCUT2D eigenvalue weighted by Crippen LogP contribution is -1.81. The monoisotopic (exact) mass is 329 g/mol. The quantitative estimate of drug-likeness (QED) is 0.600. The molecule has 1 nitrogen and oxygen atoms in total. The summed E-state index contributed by atoms with van der Waals surface area (Å²) in [5.41, 5.74) is 4.62. The fraction of sp³-hybridized carbons (Fsp3) is 0.0625. The van der Waals surface area contributed by atoms with Crippen LogP contribution in [0.4, 0.5) is 0 Å². The van der Waals surface area contributed by atoms with Crippen LogP contribution in [0.15, 0.2) is 58.4 Å². The predicted molar refractivity (Wildman–Crippen MR) is 85.4 cm³/mol. The largest absolute Gasteiger partial charge is 0.236 e. The molecule has 0 saturated carbocycles. The highest BCUT2D eigenvalue weighted by atomic mass is 79.9. The van der Waals surface area contributed by atoms with Gasteiger partial charge in [0, 0.05) is 21.0 Å². The summed E-state index contributed by atoms with van der Waals surface area (Å²) in [6.07, 6.45) is 0. The average molecular weight is 330 g/mol. The van der Waals surface area contributed by atoms with E-state index < -0.39 is 0 Å². The van der Waals surface area contributed by atoms with Crippen molar-refractivity contribution in [3.8, 4) is 21.8 Å². The summed E-state index contributed by atoms with van der Waals surface area (Å²) >= 11 is 5.25. The number of hydrogen-bond donors (Lipinski definition) is 0. The van der Waals surface area contributed by atoms with E-state index in [9.17, 15) is 0 Å². The van der Waals surface area contributed by atoms with Gasteiger partial charge in [0.1, 0.15) is 5.01 Å². The molecule has 0 aliphatic rings. The third-order valence-corrected chi connectivity index (χ3v) is 4.49. The van der Waals surface area contributed by atoms with Gasteiger partial charge in [0.25, 0.3) is 0 Å². The van der Waals surface area contributed by atoms with Crippen molar-refractivity contribution < 1.29 is 0 Å². The summed E-state index contributed by atoms with van der Waals surface area (Å²) in [6, 6.07) is 16.6. The van der Waals surface area contributed by atoms with E-state index in [1.807, 2.05) is 18.2 Å². The van der Waals surface area contributed by atoms with Crippen molar-refractivity contribution in [2.24, 2.45) is 0 Å². The average Bonchev–Trinajstić information content (AvgIpc) is 2.89. The fourth-order valence-corrected chi connectivity index (χ4v) is 3.44. The maximum Gasteiger partial charge on any atom is 0.125 e. The Hall–Kier alpha value is -1.45. The third-order valence-electron chi connectivity index (χ3n) is 2.92. The maximum atomic E-state index is 4.74. The molecule has 0 fully saturated rings. The molecule has 1 heterocycles. The van der Waals surface area contributed by atoms with Gasteiger partial charge in [-0.2, -0.15) is 0 Å². The summed E-state index contributed by atoms with van der Waals surface area (Å²) in [6.45, 7) is 2.10. The van der Waals surface area contributed by atoms with Gasteiger partial charge in [-0.25, -0.2) is 4.98 Å². The molecule has 94 valence electrons. The number of benzene rings is 2. The van der Waals surface area contributed by atoms with Gasteiger partial charge in [-0.3, -0.25) is 0 Å². The lowest BCUT2D eigenvalue weighted by atomic mass is 10.1. The molecule has 0 aliphatic heterocycles. The Morgan fingerprint density at radius 2 is 1.89 bits per heavy atom. The number of thiazole rings is 1. The Labute approximate surface area is 125 Å². The summed E-state index contributed by atoms with van der Waals surface area (Å²) in [7, 11) is 0. The minimum absolute atomic E-state index is 1.04. The number of halogens is 1. The molecular formula is C16H12BrNS. The van der Waals surface area contributed by atoms with Gasteiger partial charge in [0.05, 0.1) is 5.69 Å². The van der Waals surface area contributed by atoms with Crippen molar-refractivity contribution >= 4 is 27.3 Å². The highest BCUT2D eigenvalue weighted by Crippen LogP contribution is 2.33. The number of nitrogens with zero attached hydrogens (tertiary/aromatic N) is 1. The fourth-order valence-electron chi connectivity index (χ4n) is 1.97. The van der Waals surface area contributed by atoms with Crippen LogP contribution in [0.25, 0.3) is 21.8 Å². The van der Waals surface area contributed by atoms with Crippen molar-refractivity contribution in [3.05, 3.63) is 63.9 Å². The molecular weight excluding hydrogens is 318 g/mol. The zero-order chi connectivity index (χ0) is 13.2. The Morgan fingerprint density at radius 1 is 1.05 bits per heavy atom. The minimum Gasteiger partial charge on any atom is -0.236 e. The molecule has 0 saturated heterocycles. The Balaban J connectivity index is 2.03. The molecule has 0 bridgehead atoms. The van der Waals surface area contributed by atoms with Crippen LogP contribution in [0.1, 0.15) is 5.56 Å². The topological polar surface area (TPSA) is 12.9 Å². The Kier molecular flexibility index (Phi) is 3.49. The lowest BCUT2D eigenvalue weighted by molar-refractivity contribution is 1.38. The second-order valence-corrected chi connectivity index (χ2v) is 6.10. The van der Waals surface area contributed by atoms with E-state index in [0.29, 0.717) is 0 Å². The smallest absolute Gasteiger partial charge is 0.125 e. The van der Waals surface area contributed by atoms with Gasteiger partial charge in [-0.05, 0) is 19.1 Å². The number of hydrogen-bond acceptors (Lipinski definition) is 2. The van der Waals surface area contributed by atoms with Crippen LogP contribution in [-0.4, -0.2) is 4.98 Å². The lowest BCUT2D eigenvalue weighted by Gasteiger charge is -2.00. The predicted octanol–water partition coefficient (Wildman–Crippen LogP) is 5.55. The highest BCUT2D eigenvalue weighted by Gasteiger charge is 2.08. The van der Waals surface area contributed by atoms with Crippen LogP contribution >= 0.6 is 27.3 Å². The van der Waals surface area contributed by atoms with E-state index in [2.05, 4.69) is 58.6 Å². The minimum atomic E-state index is 1.04. The molecule has 0 aliphatic carbocycles. The van der Waals surface area contributed by atoms with Crippen LogP contribution in [0, 0.1) is 6.92 Å². The van der Waals surface area contributed by atoms with Crippen LogP contribution in [0.5, 0.6) is 0 Å². The zero-order valence-electron chi connectivity index (χ0n) is 10.4. The van der Waals surface area contributed by atoms with Crippen LogP contribution < -0.4 is 0 Å². The molecule has 19 heavy (non-hydrogen) atoms. The summed E-state index contributed by atoms with van der Waals surface area (Å²) < 4.78 is 1.08. The number of aryl methyl sites for hydroxylation is 1. The molecule has 3 rings (SSSR count). The third kappa shape index (κ3) is 2.62. The van der Waals surface area contributed by atoms with E-state index in [1.165, 1.54) is 11.1 Å². The van der Waals surface area contributed by atoms with Gasteiger partial charge in [-0.1, -0.05) is 57.9 Å². The molecule has 0 amide bonds. The van der Waals surface area contributed by atoms with Crippen LogP contribution in [0.3, 0.4) is 0 Å². The van der Waals surface area contributed by atoms with Crippen molar-refractivity contribution in [2.45, 2.75) is 6.92 Å². The molecule has 1 aromatic heterocycles. The van der Waals surface area contributed by atoms with Crippen molar-refractivity contribution in [2.75, 3.05) is 0 Å². The number of rotatable bonds is 2. The maximum absolute atomic E-state index is 4.74. The second kappa shape index (κ2) is 5.27. The molecule has 3 aromatic rings. The second-order valence-electron chi connectivity index (χ2n) is 4.39. The summed E-state index contributed by atoms with van der Waals surface area (Å²) in [5, 5.41) is 3.16.